The maximum atomic E-state index is 8.00. The number of hydrogen-bond donors (Lipinski definition) is 1. The Bertz CT molecular complexity index is 188. The van der Waals surface area contributed by atoms with E-state index >= 15 is 0 Å². The van der Waals surface area contributed by atoms with Gasteiger partial charge < -0.3 is 14.6 Å². The molecule has 1 N–H and O–H groups in total. The summed E-state index contributed by atoms with van der Waals surface area (Å²) in [5.74, 6) is 0. The van der Waals surface area contributed by atoms with Crippen LogP contribution in [-0.2, 0) is 16.1 Å². The minimum atomic E-state index is 0.709. The number of rotatable bonds is 2. The van der Waals surface area contributed by atoms with Gasteiger partial charge in [-0.2, -0.15) is 0 Å². The van der Waals surface area contributed by atoms with Crippen LogP contribution in [0.5, 0.6) is 0 Å². The third kappa shape index (κ3) is 18.6. The summed E-state index contributed by atoms with van der Waals surface area (Å²) in [7, 11) is 2.70. The fraction of sp³-hybridized carbons (Fsp3) is 0.462. The second-order valence-corrected chi connectivity index (χ2v) is 2.63. The van der Waals surface area contributed by atoms with Crippen molar-refractivity contribution in [1.29, 1.82) is 0 Å². The van der Waals surface area contributed by atoms with Gasteiger partial charge >= 0.3 is 0 Å². The van der Waals surface area contributed by atoms with Crippen molar-refractivity contribution in [1.82, 2.24) is 0 Å². The van der Waals surface area contributed by atoms with E-state index in [1.165, 1.54) is 12.0 Å². The molecule has 1 aromatic rings. The molecule has 0 aromatic heterocycles. The molecule has 0 unspecified atom stereocenters. The summed E-state index contributed by atoms with van der Waals surface area (Å²) in [6, 6.07) is 10.1. The summed E-state index contributed by atoms with van der Waals surface area (Å²) in [4.78, 5) is 8.00. The van der Waals surface area contributed by atoms with Gasteiger partial charge in [0, 0.05) is 14.2 Å². The summed E-state index contributed by atoms with van der Waals surface area (Å²) < 4.78 is 4.93. The molecule has 3 heteroatoms. The molecule has 0 radical (unpaired) electrons. The third-order valence-electron chi connectivity index (χ3n) is 1.15. The Labute approximate surface area is 99.1 Å². The van der Waals surface area contributed by atoms with Crippen molar-refractivity contribution in [3.63, 3.8) is 0 Å². The van der Waals surface area contributed by atoms with E-state index in [1.807, 2.05) is 37.1 Å². The normalized spacial score (nSPS) is 7.06. The highest BCUT2D eigenvalue weighted by atomic mass is 16.5. The van der Waals surface area contributed by atoms with Crippen LogP contribution in [0, 0.1) is 0 Å². The van der Waals surface area contributed by atoms with Crippen LogP contribution in [0.4, 0.5) is 0 Å². The van der Waals surface area contributed by atoms with E-state index in [0.717, 1.165) is 7.11 Å². The highest BCUT2D eigenvalue weighted by Gasteiger charge is 1.84. The first-order valence-electron chi connectivity index (χ1n) is 5.11. The number of aliphatic hydroxyl groups excluding tert-OH is 1. The van der Waals surface area contributed by atoms with Gasteiger partial charge in [-0.15, -0.1) is 0 Å². The standard InChI is InChI=1S/C8H10O.C3H8.CH4O.CH2O/c1-9-7-8-5-3-2-4-6-8;1-3-2;2*1-2/h2-6H,7H2,1H3;3H2,1-2H3;2H,1H3;1H2. The molecule has 0 saturated carbocycles. The first kappa shape index (κ1) is 20.3. The maximum Gasteiger partial charge on any atom is 0.106 e. The Morgan fingerprint density at radius 2 is 1.50 bits per heavy atom. The largest absolute Gasteiger partial charge is 0.400 e. The minimum absolute atomic E-state index is 0.709. The van der Waals surface area contributed by atoms with E-state index in [9.17, 15) is 0 Å². The molecule has 1 rings (SSSR count). The number of benzene rings is 1. The number of ether oxygens (including phenoxy) is 1. The Morgan fingerprint density at radius 3 is 1.81 bits per heavy atom. The molecule has 0 spiro atoms. The van der Waals surface area contributed by atoms with Crippen molar-refractivity contribution in [3.8, 4) is 0 Å². The van der Waals surface area contributed by atoms with Gasteiger partial charge in [0.2, 0.25) is 0 Å². The molecule has 0 aliphatic carbocycles. The third-order valence-corrected chi connectivity index (χ3v) is 1.15. The van der Waals surface area contributed by atoms with Gasteiger partial charge in [-0.05, 0) is 5.56 Å². The van der Waals surface area contributed by atoms with Crippen molar-refractivity contribution in [2.75, 3.05) is 14.2 Å². The molecule has 16 heavy (non-hydrogen) atoms. The van der Waals surface area contributed by atoms with Crippen LogP contribution in [-0.4, -0.2) is 26.1 Å². The topological polar surface area (TPSA) is 46.5 Å². The van der Waals surface area contributed by atoms with Gasteiger partial charge in [0.05, 0.1) is 6.61 Å². The lowest BCUT2D eigenvalue weighted by molar-refractivity contribution is -0.0979. The predicted molar refractivity (Wildman–Crippen MR) is 68.4 cm³/mol. The summed E-state index contributed by atoms with van der Waals surface area (Å²) in [5, 5.41) is 7.00. The van der Waals surface area contributed by atoms with Gasteiger partial charge in [0.1, 0.15) is 6.79 Å². The lowest BCUT2D eigenvalue weighted by Crippen LogP contribution is -1.84. The lowest BCUT2D eigenvalue weighted by atomic mass is 10.2. The molecule has 0 fully saturated rings. The molecule has 94 valence electrons. The number of aliphatic hydroxyl groups is 1. The second kappa shape index (κ2) is 23.5. The zero-order valence-corrected chi connectivity index (χ0v) is 10.8. The average Bonchev–Trinajstić information content (AvgIpc) is 2.37. The molecule has 0 aliphatic rings. The molecule has 1 aromatic carbocycles. The average molecular weight is 228 g/mol. The monoisotopic (exact) mass is 228 g/mol. The van der Waals surface area contributed by atoms with Gasteiger partial charge in [0.25, 0.3) is 0 Å². The number of hydrogen-bond acceptors (Lipinski definition) is 3. The quantitative estimate of drug-likeness (QED) is 0.846. The Balaban J connectivity index is -0.000000206. The van der Waals surface area contributed by atoms with Crippen molar-refractivity contribution in [2.45, 2.75) is 26.9 Å². The van der Waals surface area contributed by atoms with E-state index < -0.39 is 0 Å². The highest BCUT2D eigenvalue weighted by Crippen LogP contribution is 1.98. The SMILES string of the molecule is C=O.CCC.CO.COCc1ccccc1. The van der Waals surface area contributed by atoms with Gasteiger partial charge in [0.15, 0.2) is 0 Å². The highest BCUT2D eigenvalue weighted by molar-refractivity contribution is 5.13. The summed E-state index contributed by atoms with van der Waals surface area (Å²) in [6.45, 7) is 6.96. The summed E-state index contributed by atoms with van der Waals surface area (Å²) >= 11 is 0. The first-order valence-corrected chi connectivity index (χ1v) is 5.11. The molecule has 0 bridgehead atoms. The first-order chi connectivity index (χ1) is 7.85. The lowest BCUT2D eigenvalue weighted by Gasteiger charge is -1.95. The molecule has 0 amide bonds. The summed E-state index contributed by atoms with van der Waals surface area (Å²) in [5.41, 5.74) is 1.22. The maximum absolute atomic E-state index is 8.00. The van der Waals surface area contributed by atoms with Crippen molar-refractivity contribution < 1.29 is 14.6 Å². The predicted octanol–water partition coefficient (Wildman–Crippen LogP) is 2.67. The van der Waals surface area contributed by atoms with Crippen LogP contribution < -0.4 is 0 Å². The van der Waals surface area contributed by atoms with Crippen LogP contribution in [0.15, 0.2) is 30.3 Å². The molecule has 0 heterocycles. The summed E-state index contributed by atoms with van der Waals surface area (Å²) in [6.07, 6.45) is 1.25. The van der Waals surface area contributed by atoms with Gasteiger partial charge in [-0.25, -0.2) is 0 Å². The van der Waals surface area contributed by atoms with Crippen LogP contribution >= 0.6 is 0 Å². The molecule has 0 atom stereocenters. The van der Waals surface area contributed by atoms with Gasteiger partial charge in [-0.1, -0.05) is 50.6 Å². The van der Waals surface area contributed by atoms with E-state index in [1.54, 1.807) is 7.11 Å². The second-order valence-electron chi connectivity index (χ2n) is 2.63. The molecule has 0 saturated heterocycles. The van der Waals surface area contributed by atoms with Crippen LogP contribution in [0.1, 0.15) is 25.8 Å². The van der Waals surface area contributed by atoms with Crippen LogP contribution in [0.3, 0.4) is 0 Å². The fourth-order valence-electron chi connectivity index (χ4n) is 0.741. The van der Waals surface area contributed by atoms with E-state index in [2.05, 4.69) is 13.8 Å². The molecular weight excluding hydrogens is 204 g/mol. The number of carbonyl (C=O) groups excluding carboxylic acids is 1. The van der Waals surface area contributed by atoms with E-state index in [4.69, 9.17) is 14.6 Å². The van der Waals surface area contributed by atoms with Crippen molar-refractivity contribution in [3.05, 3.63) is 35.9 Å². The molecule has 0 aliphatic heterocycles. The Morgan fingerprint density at radius 1 is 1.12 bits per heavy atom. The molecule has 3 nitrogen and oxygen atoms in total. The zero-order valence-electron chi connectivity index (χ0n) is 10.8. The van der Waals surface area contributed by atoms with Crippen LogP contribution in [0.25, 0.3) is 0 Å². The Kier molecular flexibility index (Phi) is 29.8. The Hall–Kier alpha value is -1.19. The van der Waals surface area contributed by atoms with E-state index in [-0.39, 0.29) is 0 Å². The van der Waals surface area contributed by atoms with Crippen molar-refractivity contribution in [2.24, 2.45) is 0 Å². The van der Waals surface area contributed by atoms with Crippen LogP contribution in [0.2, 0.25) is 0 Å². The van der Waals surface area contributed by atoms with Gasteiger partial charge in [-0.3, -0.25) is 0 Å². The zero-order chi connectivity index (χ0) is 13.2. The smallest absolute Gasteiger partial charge is 0.106 e. The minimum Gasteiger partial charge on any atom is -0.400 e. The molecular formula is C13H24O3. The van der Waals surface area contributed by atoms with E-state index in [0.29, 0.717) is 6.61 Å². The van der Waals surface area contributed by atoms with Crippen molar-refractivity contribution >= 4 is 6.79 Å². The number of methoxy groups -OCH3 is 1. The number of carbonyl (C=O) groups is 1. The fourth-order valence-corrected chi connectivity index (χ4v) is 0.741.